The lowest BCUT2D eigenvalue weighted by atomic mass is 10.1. The summed E-state index contributed by atoms with van der Waals surface area (Å²) in [5.74, 6) is 0.551. The highest BCUT2D eigenvalue weighted by atomic mass is 16.1. The van der Waals surface area contributed by atoms with Crippen LogP contribution in [-0.2, 0) is 6.54 Å². The number of nitrogens with one attached hydrogen (secondary N) is 2. The highest BCUT2D eigenvalue weighted by molar-refractivity contribution is 6.09. The minimum absolute atomic E-state index is 0.346. The first-order valence-corrected chi connectivity index (χ1v) is 8.01. The van der Waals surface area contributed by atoms with Crippen LogP contribution in [0.25, 0.3) is 21.8 Å². The van der Waals surface area contributed by atoms with Gasteiger partial charge >= 0.3 is 5.69 Å². The molecule has 4 aromatic rings. The van der Waals surface area contributed by atoms with E-state index in [2.05, 4.69) is 63.2 Å². The second kappa shape index (κ2) is 5.53. The molecule has 2 aromatic carbocycles. The molecule has 24 heavy (non-hydrogen) atoms. The SMILES string of the molecule is CCn1c2ccccc2c2cc(Nc3cc(C)[nH]c(=O)n3)ccc21. The van der Waals surface area contributed by atoms with Crippen molar-refractivity contribution < 1.29 is 0 Å². The molecule has 0 unspecified atom stereocenters. The summed E-state index contributed by atoms with van der Waals surface area (Å²) < 4.78 is 2.31. The van der Waals surface area contributed by atoms with E-state index < -0.39 is 0 Å². The molecule has 2 heterocycles. The molecule has 0 radical (unpaired) electrons. The molecule has 0 spiro atoms. The van der Waals surface area contributed by atoms with Crippen molar-refractivity contribution in [2.75, 3.05) is 5.32 Å². The fraction of sp³-hybridized carbons (Fsp3) is 0.158. The number of anilines is 2. The average Bonchev–Trinajstić information content (AvgIpc) is 2.87. The molecule has 4 rings (SSSR count). The number of para-hydroxylation sites is 1. The van der Waals surface area contributed by atoms with E-state index in [1.54, 1.807) is 0 Å². The second-order valence-corrected chi connectivity index (χ2v) is 5.87. The van der Waals surface area contributed by atoms with Crippen LogP contribution in [0.3, 0.4) is 0 Å². The Hall–Kier alpha value is -3.08. The van der Waals surface area contributed by atoms with Gasteiger partial charge in [-0.2, -0.15) is 4.98 Å². The first kappa shape index (κ1) is 14.5. The van der Waals surface area contributed by atoms with Gasteiger partial charge in [0, 0.05) is 45.8 Å². The zero-order valence-corrected chi connectivity index (χ0v) is 13.6. The third-order valence-electron chi connectivity index (χ3n) is 4.24. The highest BCUT2D eigenvalue weighted by Crippen LogP contribution is 2.31. The van der Waals surface area contributed by atoms with Crippen molar-refractivity contribution in [3.8, 4) is 0 Å². The minimum Gasteiger partial charge on any atom is -0.341 e. The van der Waals surface area contributed by atoms with Gasteiger partial charge in [-0.3, -0.25) is 0 Å². The molecule has 2 N–H and O–H groups in total. The molecular weight excluding hydrogens is 300 g/mol. The first-order valence-electron chi connectivity index (χ1n) is 8.01. The standard InChI is InChI=1S/C19H18N4O/c1-3-23-16-7-5-4-6-14(16)15-11-13(8-9-17(15)23)21-18-10-12(2)20-19(24)22-18/h4-11H,3H2,1-2H3,(H2,20,21,22,24). The quantitative estimate of drug-likeness (QED) is 0.601. The molecule has 0 aliphatic rings. The van der Waals surface area contributed by atoms with E-state index >= 15 is 0 Å². The topological polar surface area (TPSA) is 62.7 Å². The van der Waals surface area contributed by atoms with Crippen molar-refractivity contribution in [3.63, 3.8) is 0 Å². The predicted octanol–water partition coefficient (Wildman–Crippen LogP) is 3.95. The van der Waals surface area contributed by atoms with Crippen LogP contribution in [0.15, 0.2) is 53.3 Å². The number of aromatic amines is 1. The zero-order valence-electron chi connectivity index (χ0n) is 13.6. The van der Waals surface area contributed by atoms with Crippen LogP contribution in [0, 0.1) is 6.92 Å². The van der Waals surface area contributed by atoms with Crippen LogP contribution in [0.4, 0.5) is 11.5 Å². The van der Waals surface area contributed by atoms with Crippen LogP contribution in [0.5, 0.6) is 0 Å². The number of H-pyrrole nitrogens is 1. The Morgan fingerprint density at radius 1 is 1.08 bits per heavy atom. The molecule has 0 bridgehead atoms. The van der Waals surface area contributed by atoms with Crippen molar-refractivity contribution in [3.05, 3.63) is 64.7 Å². The third kappa shape index (κ3) is 2.34. The van der Waals surface area contributed by atoms with Gasteiger partial charge in [0.15, 0.2) is 0 Å². The van der Waals surface area contributed by atoms with E-state index in [4.69, 9.17) is 0 Å². The lowest BCUT2D eigenvalue weighted by Gasteiger charge is -2.07. The Labute approximate surface area is 139 Å². The largest absolute Gasteiger partial charge is 0.347 e. The summed E-state index contributed by atoms with van der Waals surface area (Å²) in [4.78, 5) is 18.1. The van der Waals surface area contributed by atoms with Gasteiger partial charge in [-0.1, -0.05) is 18.2 Å². The molecule has 5 heteroatoms. The van der Waals surface area contributed by atoms with Crippen molar-refractivity contribution in [2.24, 2.45) is 0 Å². The molecule has 0 aliphatic heterocycles. The predicted molar refractivity (Wildman–Crippen MR) is 98.0 cm³/mol. The number of hydrogen-bond acceptors (Lipinski definition) is 3. The number of fused-ring (bicyclic) bond motifs is 3. The molecular formula is C19H18N4O. The number of nitrogens with zero attached hydrogens (tertiary/aromatic N) is 2. The molecule has 0 amide bonds. The smallest absolute Gasteiger partial charge is 0.341 e. The maximum Gasteiger partial charge on any atom is 0.347 e. The van der Waals surface area contributed by atoms with Gasteiger partial charge in [-0.05, 0) is 38.1 Å². The Balaban J connectivity index is 1.86. The van der Waals surface area contributed by atoms with E-state index in [-0.39, 0.29) is 5.69 Å². The molecule has 0 aliphatic carbocycles. The van der Waals surface area contributed by atoms with Crippen molar-refractivity contribution in [2.45, 2.75) is 20.4 Å². The van der Waals surface area contributed by atoms with Gasteiger partial charge in [0.1, 0.15) is 5.82 Å². The summed E-state index contributed by atoms with van der Waals surface area (Å²) in [7, 11) is 0. The highest BCUT2D eigenvalue weighted by Gasteiger charge is 2.10. The number of benzene rings is 2. The second-order valence-electron chi connectivity index (χ2n) is 5.87. The number of hydrogen-bond donors (Lipinski definition) is 2. The van der Waals surface area contributed by atoms with Gasteiger partial charge in [-0.25, -0.2) is 4.79 Å². The normalized spacial score (nSPS) is 11.2. The van der Waals surface area contributed by atoms with Crippen LogP contribution in [0.1, 0.15) is 12.6 Å². The summed E-state index contributed by atoms with van der Waals surface area (Å²) in [6, 6.07) is 16.5. The van der Waals surface area contributed by atoms with Crippen molar-refractivity contribution >= 4 is 33.3 Å². The number of aromatic nitrogens is 3. The fourth-order valence-electron chi connectivity index (χ4n) is 3.26. The van der Waals surface area contributed by atoms with E-state index in [1.165, 1.54) is 21.8 Å². The summed E-state index contributed by atoms with van der Waals surface area (Å²) in [6.07, 6.45) is 0. The molecule has 0 saturated carbocycles. The Bertz CT molecular complexity index is 1110. The number of aryl methyl sites for hydroxylation is 2. The van der Waals surface area contributed by atoms with Gasteiger partial charge in [-0.15, -0.1) is 0 Å². The Morgan fingerprint density at radius 3 is 2.67 bits per heavy atom. The molecule has 0 atom stereocenters. The third-order valence-corrected chi connectivity index (χ3v) is 4.24. The van der Waals surface area contributed by atoms with E-state index in [9.17, 15) is 4.79 Å². The first-order chi connectivity index (χ1) is 11.7. The van der Waals surface area contributed by atoms with E-state index in [1.807, 2.05) is 19.1 Å². The molecule has 0 fully saturated rings. The lowest BCUT2D eigenvalue weighted by molar-refractivity contribution is 0.827. The maximum atomic E-state index is 11.5. The summed E-state index contributed by atoms with van der Waals surface area (Å²) in [5.41, 5.74) is 3.79. The van der Waals surface area contributed by atoms with Crippen LogP contribution >= 0.6 is 0 Å². The number of rotatable bonds is 3. The van der Waals surface area contributed by atoms with Gasteiger partial charge in [0.25, 0.3) is 0 Å². The van der Waals surface area contributed by atoms with Crippen LogP contribution in [-0.4, -0.2) is 14.5 Å². The van der Waals surface area contributed by atoms with Gasteiger partial charge in [0.05, 0.1) is 0 Å². The van der Waals surface area contributed by atoms with Gasteiger partial charge < -0.3 is 14.9 Å². The summed E-state index contributed by atoms with van der Waals surface area (Å²) >= 11 is 0. The maximum absolute atomic E-state index is 11.5. The fourth-order valence-corrected chi connectivity index (χ4v) is 3.26. The zero-order chi connectivity index (χ0) is 16.7. The van der Waals surface area contributed by atoms with Gasteiger partial charge in [0.2, 0.25) is 0 Å². The monoisotopic (exact) mass is 318 g/mol. The Kier molecular flexibility index (Phi) is 3.34. The lowest BCUT2D eigenvalue weighted by Crippen LogP contribution is -2.13. The average molecular weight is 318 g/mol. The van der Waals surface area contributed by atoms with E-state index in [0.717, 1.165) is 17.9 Å². The van der Waals surface area contributed by atoms with Crippen molar-refractivity contribution in [1.82, 2.24) is 14.5 Å². The molecule has 0 saturated heterocycles. The van der Waals surface area contributed by atoms with Crippen LogP contribution in [0.2, 0.25) is 0 Å². The molecule has 120 valence electrons. The van der Waals surface area contributed by atoms with Crippen LogP contribution < -0.4 is 11.0 Å². The molecule has 5 nitrogen and oxygen atoms in total. The van der Waals surface area contributed by atoms with E-state index in [0.29, 0.717) is 5.82 Å². The summed E-state index contributed by atoms with van der Waals surface area (Å²) in [6.45, 7) is 4.92. The minimum atomic E-state index is -0.346. The van der Waals surface area contributed by atoms with Crippen molar-refractivity contribution in [1.29, 1.82) is 0 Å². The summed E-state index contributed by atoms with van der Waals surface area (Å²) in [5, 5.41) is 5.65. The Morgan fingerprint density at radius 2 is 1.88 bits per heavy atom. The molecule has 2 aromatic heterocycles.